The average Bonchev–Trinajstić information content (AvgIpc) is 1.68. The van der Waals surface area contributed by atoms with Gasteiger partial charge >= 0.3 is 0 Å². The predicted molar refractivity (Wildman–Crippen MR) is 395 cm³/mol. The van der Waals surface area contributed by atoms with Crippen molar-refractivity contribution in [2.24, 2.45) is 34.5 Å². The molecular formula is C83H100N12O6Pt4-4. The molecule has 4 bridgehead atoms. The first-order chi connectivity index (χ1) is 48.5. The summed E-state index contributed by atoms with van der Waals surface area (Å²) in [6, 6.07) is 63.3. The van der Waals surface area contributed by atoms with Crippen molar-refractivity contribution in [3.63, 3.8) is 0 Å². The maximum Gasteiger partial charge on any atom is 0.153 e. The molecule has 0 radical (unpaired) electrons. The Labute approximate surface area is 679 Å². The summed E-state index contributed by atoms with van der Waals surface area (Å²) < 4.78 is 0. The minimum absolute atomic E-state index is 0. The van der Waals surface area contributed by atoms with Crippen molar-refractivity contribution in [2.75, 3.05) is 0 Å². The number of hydrogen-bond donors (Lipinski definition) is 6. The fourth-order valence-corrected chi connectivity index (χ4v) is 12.7. The van der Waals surface area contributed by atoms with Crippen LogP contribution in [0.4, 0.5) is 0 Å². The number of fused-ring (bicyclic) bond motifs is 4. The Morgan fingerprint density at radius 1 is 0.333 bits per heavy atom. The molecule has 12 unspecified atom stereocenters. The third kappa shape index (κ3) is 30.5. The second-order valence-corrected chi connectivity index (χ2v) is 28.9. The van der Waals surface area contributed by atoms with Gasteiger partial charge < -0.3 is 30.6 Å². The zero-order valence-electron chi connectivity index (χ0n) is 61.3. The molecule has 4 aromatic heterocycles. The summed E-state index contributed by atoms with van der Waals surface area (Å²) in [6.45, 7) is 18.5. The van der Waals surface area contributed by atoms with E-state index in [1.54, 1.807) is 40.3 Å². The Morgan fingerprint density at radius 2 is 0.610 bits per heavy atom. The van der Waals surface area contributed by atoms with Crippen LogP contribution in [-0.2, 0) is 84.3 Å². The minimum Gasteiger partial charge on any atom is -0.393 e. The first-order valence-corrected chi connectivity index (χ1v) is 35.3. The maximum atomic E-state index is 9.76. The first kappa shape index (κ1) is 91.3. The predicted octanol–water partition coefficient (Wildman–Crippen LogP) is 15.0. The van der Waals surface area contributed by atoms with Crippen molar-refractivity contribution in [3.05, 3.63) is 219 Å². The van der Waals surface area contributed by atoms with Gasteiger partial charge in [-0.2, -0.15) is 0 Å². The fraction of sp³-hybridized carbons (Fsp3) is 0.422. The van der Waals surface area contributed by atoms with Crippen molar-refractivity contribution in [2.45, 2.75) is 188 Å². The Hall–Kier alpha value is -6.13. The Bertz CT molecular complexity index is 3610. The van der Waals surface area contributed by atoms with E-state index >= 15 is 0 Å². The van der Waals surface area contributed by atoms with Crippen LogP contribution in [-0.4, -0.2) is 127 Å². The number of aliphatic hydroxyl groups excluding tert-OH is 6. The molecule has 4 fully saturated rings. The van der Waals surface area contributed by atoms with Crippen molar-refractivity contribution in [3.8, 4) is 68.3 Å². The van der Waals surface area contributed by atoms with Crippen LogP contribution < -0.4 is 0 Å². The molecule has 0 spiro atoms. The number of hydrogen-bond acceptors (Lipinski definition) is 18. The SMILES string of the molecule is CC(C)(C)C(O)CC(O)C(C)(C)C.CC(O)CC(C)O.CC(O)CC(C)O.[Pt].[Pt].[Pt].[Pt].[c-]1ccccc1-c1ncnc(-c2ccccc2)n1.[c-]1ccccc1-c1ncnc(-c2ccccc2)n1.[c-]1ccccc1-c1ncnc(C2CC3CCC2C3)n1.[c-]1ccccc1-c1ncnc(C2CC3CCC2C3)n1. The van der Waals surface area contributed by atoms with Crippen molar-refractivity contribution in [1.29, 1.82) is 0 Å². The van der Waals surface area contributed by atoms with Gasteiger partial charge in [0.1, 0.15) is 37.0 Å². The van der Waals surface area contributed by atoms with E-state index in [9.17, 15) is 10.2 Å². The summed E-state index contributed by atoms with van der Waals surface area (Å²) in [5, 5.41) is 53.8. The number of nitrogens with zero attached hydrogens (tertiary/aromatic N) is 12. The van der Waals surface area contributed by atoms with Gasteiger partial charge in [0, 0.05) is 114 Å². The van der Waals surface area contributed by atoms with Crippen molar-refractivity contribution >= 4 is 0 Å². The Morgan fingerprint density at radius 3 is 0.848 bits per heavy atom. The summed E-state index contributed by atoms with van der Waals surface area (Å²) >= 11 is 0. The van der Waals surface area contributed by atoms with E-state index in [1.807, 2.05) is 199 Å². The second kappa shape index (κ2) is 46.3. The Kier molecular flexibility index (Phi) is 40.2. The van der Waals surface area contributed by atoms with Gasteiger partial charge in [0.15, 0.2) is 11.6 Å². The largest absolute Gasteiger partial charge is 0.393 e. The first-order valence-electron chi connectivity index (χ1n) is 35.3. The third-order valence-electron chi connectivity index (χ3n) is 18.1. The van der Waals surface area contributed by atoms with E-state index in [0.717, 1.165) is 80.3 Å². The summed E-state index contributed by atoms with van der Waals surface area (Å²) in [6.07, 6.45) is 16.2. The molecule has 22 heteroatoms. The van der Waals surface area contributed by atoms with Crippen LogP contribution in [0.25, 0.3) is 68.3 Å². The molecular weight excluding hydrogens is 2040 g/mol. The molecule has 572 valence electrons. The molecule has 18 nitrogen and oxygen atoms in total. The van der Waals surface area contributed by atoms with Crippen LogP contribution in [0.1, 0.15) is 163 Å². The summed E-state index contributed by atoms with van der Waals surface area (Å²) in [5.74, 6) is 10.7. The van der Waals surface area contributed by atoms with Gasteiger partial charge in [-0.1, -0.05) is 115 Å². The molecule has 6 aromatic carbocycles. The van der Waals surface area contributed by atoms with E-state index < -0.39 is 12.2 Å². The second-order valence-electron chi connectivity index (χ2n) is 28.9. The molecule has 14 rings (SSSR count). The van der Waals surface area contributed by atoms with Crippen LogP contribution in [0.2, 0.25) is 0 Å². The summed E-state index contributed by atoms with van der Waals surface area (Å²) in [5.41, 5.74) is 5.32. The van der Waals surface area contributed by atoms with Crippen LogP contribution in [0.3, 0.4) is 0 Å². The zero-order valence-corrected chi connectivity index (χ0v) is 70.4. The van der Waals surface area contributed by atoms with Gasteiger partial charge in [-0.15, -0.1) is 144 Å². The topological polar surface area (TPSA) is 276 Å². The van der Waals surface area contributed by atoms with E-state index in [-0.39, 0.29) is 120 Å². The smallest absolute Gasteiger partial charge is 0.153 e. The molecule has 12 atom stereocenters. The van der Waals surface area contributed by atoms with E-state index in [0.29, 0.717) is 54.4 Å². The molecule has 10 aromatic rings. The molecule has 4 heterocycles. The number of aromatic nitrogens is 12. The number of benzene rings is 6. The average molecular weight is 2140 g/mol. The molecule has 105 heavy (non-hydrogen) atoms. The van der Waals surface area contributed by atoms with Gasteiger partial charge in [0.05, 0.1) is 59.9 Å². The van der Waals surface area contributed by atoms with E-state index in [2.05, 4.69) is 74.1 Å². The van der Waals surface area contributed by atoms with Crippen LogP contribution in [0, 0.1) is 58.8 Å². The normalized spacial score (nSPS) is 18.7. The summed E-state index contributed by atoms with van der Waals surface area (Å²) in [4.78, 5) is 52.5. The van der Waals surface area contributed by atoms with Gasteiger partial charge in [-0.05, 0) is 114 Å². The third-order valence-corrected chi connectivity index (χ3v) is 18.1. The van der Waals surface area contributed by atoms with Gasteiger partial charge in [-0.25, -0.2) is 19.9 Å². The molecule has 0 amide bonds. The fourth-order valence-electron chi connectivity index (χ4n) is 12.7. The standard InChI is InChI=1S/2C16H16N3.2C15H10N3.C11H24O2.2C5H12O2.4Pt/c2*1-2-4-12(5-3-1)15-17-10-18-16(19-15)14-9-11-6-7-13(14)8-11;2*1-3-7-12(8-4-1)14-16-11-17-15(18-14)13-9-5-2-6-10-13;1-10(2,3)8(12)7-9(13)11(4,5)6;2*1-4(6)3-5(2)7;;;;/h2*1-4,10-11,13-14H,6-9H2;2*1-9,11H;8-9,12-13H,7H2,1-6H3;2*4-7H,3H2,1-2H3;;;;/q4*-1;;;;;;;. The van der Waals surface area contributed by atoms with Gasteiger partial charge in [0.2, 0.25) is 0 Å². The molecule has 4 aliphatic carbocycles. The maximum absolute atomic E-state index is 9.76. The molecule has 4 saturated carbocycles. The molecule has 6 N–H and O–H groups in total. The summed E-state index contributed by atoms with van der Waals surface area (Å²) in [7, 11) is 0. The van der Waals surface area contributed by atoms with Crippen LogP contribution in [0.15, 0.2) is 183 Å². The zero-order chi connectivity index (χ0) is 72.3. The number of aliphatic hydroxyl groups is 6. The molecule has 0 saturated heterocycles. The van der Waals surface area contributed by atoms with Crippen molar-refractivity contribution < 1.29 is 115 Å². The van der Waals surface area contributed by atoms with E-state index in [1.165, 1.54) is 64.0 Å². The minimum atomic E-state index is -0.443. The Balaban J connectivity index is 0.000000264. The van der Waals surface area contributed by atoms with Crippen LogP contribution in [0.5, 0.6) is 0 Å². The van der Waals surface area contributed by atoms with Crippen molar-refractivity contribution in [1.82, 2.24) is 59.8 Å². The number of rotatable bonds is 14. The van der Waals surface area contributed by atoms with Crippen LogP contribution >= 0.6 is 0 Å². The molecule has 0 aliphatic heterocycles. The monoisotopic (exact) mass is 2140 g/mol. The van der Waals surface area contributed by atoms with E-state index in [4.69, 9.17) is 30.4 Å². The van der Waals surface area contributed by atoms with Gasteiger partial charge in [0.25, 0.3) is 0 Å². The quantitative estimate of drug-likeness (QED) is 0.0552. The molecule has 4 aliphatic rings. The van der Waals surface area contributed by atoms with Gasteiger partial charge in [-0.3, -0.25) is 39.9 Å².